The Hall–Kier alpha value is -1.40. The Bertz CT molecular complexity index is 731. The third-order valence-electron chi connectivity index (χ3n) is 4.32. The van der Waals surface area contributed by atoms with E-state index in [-0.39, 0.29) is 0 Å². The zero-order valence-electron chi connectivity index (χ0n) is 16.9. The van der Waals surface area contributed by atoms with Gasteiger partial charge in [0.15, 0.2) is 0 Å². The third-order valence-corrected chi connectivity index (χ3v) is 5.64. The molecule has 0 atom stereocenters. The Morgan fingerprint density at radius 3 is 1.04 bits per heavy atom. The average Bonchev–Trinajstić information content (AvgIpc) is 2.53. The maximum atomic E-state index is 3.82. The van der Waals surface area contributed by atoms with E-state index in [1.54, 1.807) is 0 Å². The van der Waals surface area contributed by atoms with Gasteiger partial charge in [-0.05, 0) is 24.3 Å². The minimum Gasteiger partial charge on any atom is -0.376 e. The van der Waals surface area contributed by atoms with Crippen molar-refractivity contribution in [3.05, 3.63) is 33.2 Å². The van der Waals surface area contributed by atoms with Gasteiger partial charge >= 0.3 is 0 Å². The molecule has 0 spiro atoms. The second kappa shape index (κ2) is 8.09. The van der Waals surface area contributed by atoms with Crippen molar-refractivity contribution in [3.8, 4) is 11.1 Å². The molecule has 142 valence electrons. The van der Waals surface area contributed by atoms with Crippen molar-refractivity contribution in [2.45, 2.75) is 0 Å². The van der Waals surface area contributed by atoms with Crippen molar-refractivity contribution in [2.24, 2.45) is 0 Å². The van der Waals surface area contributed by atoms with Gasteiger partial charge in [0, 0.05) is 76.5 Å². The van der Waals surface area contributed by atoms with Gasteiger partial charge in [-0.3, -0.25) is 0 Å². The predicted octanol–water partition coefficient (Wildman–Crippen LogP) is 5.14. The number of anilines is 4. The number of hydrogen-bond donors (Lipinski definition) is 0. The van der Waals surface area contributed by atoms with Gasteiger partial charge in [0.1, 0.15) is 0 Å². The second-order valence-corrected chi connectivity index (χ2v) is 8.87. The van der Waals surface area contributed by atoms with E-state index in [1.807, 2.05) is 0 Å². The fraction of sp³-hybridized carbons (Fsp3) is 0.400. The lowest BCUT2D eigenvalue weighted by molar-refractivity contribution is 1.06. The first-order chi connectivity index (χ1) is 12.1. The van der Waals surface area contributed by atoms with Crippen LogP contribution < -0.4 is 19.6 Å². The summed E-state index contributed by atoms with van der Waals surface area (Å²) in [6.07, 6.45) is 0. The molecule has 0 radical (unpaired) electrons. The molecule has 0 aliphatic heterocycles. The van der Waals surface area contributed by atoms with Crippen molar-refractivity contribution >= 4 is 54.6 Å². The van der Waals surface area contributed by atoms with E-state index < -0.39 is 0 Å². The molecule has 0 saturated heterocycles. The van der Waals surface area contributed by atoms with Gasteiger partial charge in [-0.25, -0.2) is 0 Å². The van der Waals surface area contributed by atoms with E-state index >= 15 is 0 Å². The summed E-state index contributed by atoms with van der Waals surface area (Å²) in [6.45, 7) is 0. The molecular weight excluding hydrogens is 456 g/mol. The minimum absolute atomic E-state index is 1.08. The van der Waals surface area contributed by atoms with Crippen LogP contribution in [0.3, 0.4) is 0 Å². The quantitative estimate of drug-likeness (QED) is 0.583. The lowest BCUT2D eigenvalue weighted by Gasteiger charge is -2.31. The SMILES string of the molecule is CN(C)c1ccc(Br)c(-c2c(Br)ccc(N(C)C)c2N(C)C)c1N(C)C. The molecule has 0 heterocycles. The molecule has 2 rings (SSSR count). The number of benzene rings is 2. The van der Waals surface area contributed by atoms with E-state index in [0.717, 1.165) is 8.95 Å². The first-order valence-corrected chi connectivity index (χ1v) is 10.0. The van der Waals surface area contributed by atoms with E-state index in [0.29, 0.717) is 0 Å². The summed E-state index contributed by atoms with van der Waals surface area (Å²) in [6, 6.07) is 8.57. The number of nitrogens with zero attached hydrogens (tertiary/aromatic N) is 4. The van der Waals surface area contributed by atoms with Crippen LogP contribution in [0.5, 0.6) is 0 Å². The Labute approximate surface area is 174 Å². The Morgan fingerprint density at radius 2 is 0.808 bits per heavy atom. The highest BCUT2D eigenvalue weighted by molar-refractivity contribution is 9.11. The zero-order valence-corrected chi connectivity index (χ0v) is 20.0. The van der Waals surface area contributed by atoms with E-state index in [4.69, 9.17) is 0 Å². The predicted molar refractivity (Wildman–Crippen MR) is 125 cm³/mol. The Balaban J connectivity index is 3.01. The zero-order chi connectivity index (χ0) is 19.8. The van der Waals surface area contributed by atoms with Crippen LogP contribution in [0, 0.1) is 0 Å². The van der Waals surface area contributed by atoms with Gasteiger partial charge in [0.05, 0.1) is 22.7 Å². The third kappa shape index (κ3) is 3.81. The highest BCUT2D eigenvalue weighted by Gasteiger charge is 2.24. The van der Waals surface area contributed by atoms with Gasteiger partial charge in [-0.15, -0.1) is 0 Å². The molecule has 0 N–H and O–H groups in total. The first kappa shape index (κ1) is 20.9. The lowest BCUT2D eigenvalue weighted by Crippen LogP contribution is -2.20. The number of rotatable bonds is 5. The van der Waals surface area contributed by atoms with Crippen LogP contribution in [0.15, 0.2) is 33.2 Å². The number of halogens is 2. The van der Waals surface area contributed by atoms with Crippen LogP contribution in [0.2, 0.25) is 0 Å². The maximum absolute atomic E-state index is 3.82. The Kier molecular flexibility index (Phi) is 6.51. The fourth-order valence-corrected chi connectivity index (χ4v) is 4.25. The minimum atomic E-state index is 1.08. The summed E-state index contributed by atoms with van der Waals surface area (Å²) < 4.78 is 2.15. The Morgan fingerprint density at radius 1 is 0.500 bits per heavy atom. The molecule has 0 aliphatic rings. The highest BCUT2D eigenvalue weighted by atomic mass is 79.9. The summed E-state index contributed by atoms with van der Waals surface area (Å²) >= 11 is 7.63. The molecular formula is C20H28Br2N4. The molecule has 0 aromatic heterocycles. The fourth-order valence-electron chi connectivity index (χ4n) is 3.21. The van der Waals surface area contributed by atoms with E-state index in [9.17, 15) is 0 Å². The molecule has 0 bridgehead atoms. The molecule has 0 fully saturated rings. The molecule has 6 heteroatoms. The molecule has 2 aromatic rings. The average molecular weight is 484 g/mol. The van der Waals surface area contributed by atoms with Gasteiger partial charge < -0.3 is 19.6 Å². The summed E-state index contributed by atoms with van der Waals surface area (Å²) in [5, 5.41) is 0. The maximum Gasteiger partial charge on any atom is 0.0691 e. The topological polar surface area (TPSA) is 13.0 Å². The van der Waals surface area contributed by atoms with Crippen LogP contribution in [0.25, 0.3) is 11.1 Å². The van der Waals surface area contributed by atoms with Gasteiger partial charge in [-0.2, -0.15) is 0 Å². The van der Waals surface area contributed by atoms with Crippen LogP contribution in [0.1, 0.15) is 0 Å². The smallest absolute Gasteiger partial charge is 0.0691 e. The van der Waals surface area contributed by atoms with Crippen molar-refractivity contribution in [1.29, 1.82) is 0 Å². The normalized spacial score (nSPS) is 10.7. The summed E-state index contributed by atoms with van der Waals surface area (Å²) in [5.41, 5.74) is 7.09. The molecule has 26 heavy (non-hydrogen) atoms. The second-order valence-electron chi connectivity index (χ2n) is 7.16. The lowest BCUT2D eigenvalue weighted by atomic mass is 9.97. The van der Waals surface area contributed by atoms with Crippen molar-refractivity contribution < 1.29 is 0 Å². The summed E-state index contributed by atoms with van der Waals surface area (Å²) in [5.74, 6) is 0. The van der Waals surface area contributed by atoms with Crippen LogP contribution in [0.4, 0.5) is 22.7 Å². The van der Waals surface area contributed by atoms with Crippen LogP contribution in [-0.4, -0.2) is 56.4 Å². The summed E-state index contributed by atoms with van der Waals surface area (Å²) in [7, 11) is 16.7. The molecule has 4 nitrogen and oxygen atoms in total. The molecule has 0 aliphatic carbocycles. The highest BCUT2D eigenvalue weighted by Crippen LogP contribution is 2.50. The largest absolute Gasteiger partial charge is 0.376 e. The van der Waals surface area contributed by atoms with Gasteiger partial charge in [0.25, 0.3) is 0 Å². The summed E-state index contributed by atoms with van der Waals surface area (Å²) in [4.78, 5) is 8.68. The first-order valence-electron chi connectivity index (χ1n) is 8.42. The molecule has 0 saturated carbocycles. The molecule has 0 amide bonds. The van der Waals surface area contributed by atoms with E-state index in [2.05, 4.69) is 132 Å². The molecule has 0 unspecified atom stereocenters. The molecule has 2 aromatic carbocycles. The van der Waals surface area contributed by atoms with Crippen LogP contribution >= 0.6 is 31.9 Å². The van der Waals surface area contributed by atoms with Crippen molar-refractivity contribution in [1.82, 2.24) is 0 Å². The monoisotopic (exact) mass is 482 g/mol. The van der Waals surface area contributed by atoms with Gasteiger partial charge in [0.2, 0.25) is 0 Å². The van der Waals surface area contributed by atoms with Crippen molar-refractivity contribution in [2.75, 3.05) is 76.0 Å². The van der Waals surface area contributed by atoms with Crippen molar-refractivity contribution in [3.63, 3.8) is 0 Å². The van der Waals surface area contributed by atoms with Crippen LogP contribution in [-0.2, 0) is 0 Å². The van der Waals surface area contributed by atoms with E-state index in [1.165, 1.54) is 33.9 Å². The van der Waals surface area contributed by atoms with Gasteiger partial charge in [-0.1, -0.05) is 31.9 Å². The number of hydrogen-bond acceptors (Lipinski definition) is 4. The standard InChI is InChI=1S/C20H28Br2N4/c1-23(2)15-11-9-13(21)17(19(15)25(5)6)18-14(22)10-12-16(24(3)4)20(18)26(7)8/h9-12H,1-8H3.